The van der Waals surface area contributed by atoms with Crippen LogP contribution in [0.25, 0.3) is 0 Å². The Kier molecular flexibility index (Phi) is 11.2. The molecule has 32 heavy (non-hydrogen) atoms. The van der Waals surface area contributed by atoms with Gasteiger partial charge in [0.05, 0.1) is 29.0 Å². The Morgan fingerprint density at radius 3 is 1.62 bits per heavy atom. The standard InChI is InChI=1S/C26H31N3.2CH3.Fe/c1-25(2,3)21-11-7-9-13-23(21)27-17-19-15-16-20(29-19)18-28-24-14-10-8-12-22(24)26(4,5)6;;;/h7-15,17-18H,16H2,1-6H3;2*1H3;/q;2*-1;+2. The molecule has 2 aromatic carbocycles. The SMILES string of the molecule is CC(C)(C)c1ccccc1N=CC1=CCC(C=Nc2ccccc2C(C)(C)C)=N1.[CH3-].[CH3-].[Fe+2]. The van der Waals surface area contributed by atoms with Crippen molar-refractivity contribution in [3.05, 3.63) is 86.3 Å². The molecular formula is C28H37FeN3. The van der Waals surface area contributed by atoms with Gasteiger partial charge in [-0.3, -0.25) is 15.0 Å². The summed E-state index contributed by atoms with van der Waals surface area (Å²) in [5, 5.41) is 0. The van der Waals surface area contributed by atoms with E-state index in [2.05, 4.69) is 89.0 Å². The third kappa shape index (κ3) is 7.69. The van der Waals surface area contributed by atoms with Gasteiger partial charge in [-0.2, -0.15) is 0 Å². The molecule has 3 rings (SSSR count). The zero-order valence-corrected chi connectivity index (χ0v) is 21.9. The van der Waals surface area contributed by atoms with Gasteiger partial charge in [-0.05, 0) is 34.1 Å². The molecule has 4 heteroatoms. The maximum Gasteiger partial charge on any atom is 2.00 e. The Morgan fingerprint density at radius 1 is 0.719 bits per heavy atom. The third-order valence-electron chi connectivity index (χ3n) is 4.91. The smallest absolute Gasteiger partial charge is 0.358 e. The normalized spacial score (nSPS) is 13.8. The number of rotatable bonds is 4. The predicted octanol–water partition coefficient (Wildman–Crippen LogP) is 8.01. The van der Waals surface area contributed by atoms with E-state index in [-0.39, 0.29) is 42.8 Å². The summed E-state index contributed by atoms with van der Waals surface area (Å²) in [5.74, 6) is 0. The Hall–Kier alpha value is -2.29. The summed E-state index contributed by atoms with van der Waals surface area (Å²) in [6, 6.07) is 16.6. The van der Waals surface area contributed by atoms with E-state index in [9.17, 15) is 0 Å². The number of hydrogen-bond donors (Lipinski definition) is 0. The summed E-state index contributed by atoms with van der Waals surface area (Å²) in [4.78, 5) is 14.1. The zero-order chi connectivity index (χ0) is 21.1. The molecule has 0 unspecified atom stereocenters. The molecule has 1 heterocycles. The van der Waals surface area contributed by atoms with Crippen LogP contribution in [0.2, 0.25) is 0 Å². The first-order valence-corrected chi connectivity index (χ1v) is 10.2. The molecule has 0 saturated carbocycles. The van der Waals surface area contributed by atoms with Crippen LogP contribution >= 0.6 is 0 Å². The van der Waals surface area contributed by atoms with Gasteiger partial charge in [-0.25, -0.2) is 0 Å². The minimum absolute atomic E-state index is 0. The fraction of sp³-hybridized carbons (Fsp3) is 0.321. The van der Waals surface area contributed by atoms with Crippen LogP contribution in [-0.2, 0) is 27.9 Å². The molecular weight excluding hydrogens is 434 g/mol. The molecule has 0 spiro atoms. The largest absolute Gasteiger partial charge is 2.00 e. The fourth-order valence-electron chi connectivity index (χ4n) is 3.35. The van der Waals surface area contributed by atoms with E-state index >= 15 is 0 Å². The van der Waals surface area contributed by atoms with Gasteiger partial charge in [0.15, 0.2) is 0 Å². The van der Waals surface area contributed by atoms with Crippen LogP contribution in [0.5, 0.6) is 0 Å². The monoisotopic (exact) mass is 471 g/mol. The van der Waals surface area contributed by atoms with E-state index in [1.807, 2.05) is 24.6 Å². The van der Waals surface area contributed by atoms with Crippen LogP contribution < -0.4 is 0 Å². The van der Waals surface area contributed by atoms with Gasteiger partial charge in [0.25, 0.3) is 0 Å². The van der Waals surface area contributed by atoms with Gasteiger partial charge in [0.2, 0.25) is 0 Å². The van der Waals surface area contributed by atoms with E-state index in [1.165, 1.54) is 11.1 Å². The molecule has 0 N–H and O–H groups in total. The van der Waals surface area contributed by atoms with Crippen molar-refractivity contribution in [1.82, 2.24) is 0 Å². The molecule has 0 radical (unpaired) electrons. The molecule has 0 saturated heterocycles. The first-order valence-electron chi connectivity index (χ1n) is 10.2. The summed E-state index contributed by atoms with van der Waals surface area (Å²) >= 11 is 0. The number of allylic oxidation sites excluding steroid dienone is 2. The molecule has 0 fully saturated rings. The Labute approximate surface area is 206 Å². The summed E-state index contributed by atoms with van der Waals surface area (Å²) < 4.78 is 0. The van der Waals surface area contributed by atoms with Gasteiger partial charge in [0, 0.05) is 12.6 Å². The zero-order valence-electron chi connectivity index (χ0n) is 20.8. The number of hydrogen-bond acceptors (Lipinski definition) is 3. The van der Waals surface area contributed by atoms with Gasteiger partial charge >= 0.3 is 17.1 Å². The van der Waals surface area contributed by atoms with E-state index in [4.69, 9.17) is 9.98 Å². The third-order valence-corrected chi connectivity index (χ3v) is 4.91. The van der Waals surface area contributed by atoms with Crippen LogP contribution in [-0.4, -0.2) is 18.1 Å². The quantitative estimate of drug-likeness (QED) is 0.246. The molecule has 0 amide bonds. The second kappa shape index (κ2) is 12.1. The van der Waals surface area contributed by atoms with Crippen molar-refractivity contribution in [2.45, 2.75) is 58.8 Å². The van der Waals surface area contributed by atoms with Crippen molar-refractivity contribution in [3.8, 4) is 0 Å². The Balaban J connectivity index is 0.00000320. The summed E-state index contributed by atoms with van der Waals surface area (Å²) in [5.41, 5.74) is 6.43. The minimum Gasteiger partial charge on any atom is -0.358 e. The van der Waals surface area contributed by atoms with Crippen molar-refractivity contribution in [2.75, 3.05) is 0 Å². The fourth-order valence-corrected chi connectivity index (χ4v) is 3.35. The molecule has 1 aliphatic heterocycles. The van der Waals surface area contributed by atoms with Crippen molar-refractivity contribution in [2.24, 2.45) is 15.0 Å². The average molecular weight is 471 g/mol. The summed E-state index contributed by atoms with van der Waals surface area (Å²) in [6.07, 6.45) is 6.61. The molecule has 0 bridgehead atoms. The van der Waals surface area contributed by atoms with Crippen molar-refractivity contribution in [3.63, 3.8) is 0 Å². The average Bonchev–Trinajstić information content (AvgIpc) is 3.11. The van der Waals surface area contributed by atoms with Gasteiger partial charge < -0.3 is 14.9 Å². The predicted molar refractivity (Wildman–Crippen MR) is 140 cm³/mol. The maximum absolute atomic E-state index is 4.72. The van der Waals surface area contributed by atoms with Gasteiger partial charge in [-0.1, -0.05) is 84.0 Å². The Morgan fingerprint density at radius 2 is 1.16 bits per heavy atom. The van der Waals surface area contributed by atoms with Crippen LogP contribution in [0.4, 0.5) is 11.4 Å². The van der Waals surface area contributed by atoms with Crippen LogP contribution in [0.15, 0.2) is 75.3 Å². The van der Waals surface area contributed by atoms with Crippen molar-refractivity contribution in [1.29, 1.82) is 0 Å². The molecule has 0 aromatic heterocycles. The minimum atomic E-state index is 0. The van der Waals surface area contributed by atoms with E-state index < -0.39 is 0 Å². The summed E-state index contributed by atoms with van der Waals surface area (Å²) in [7, 11) is 0. The molecule has 1 aliphatic rings. The molecule has 0 atom stereocenters. The Bertz CT molecular complexity index is 1000. The number of aliphatic imine (C=N–C) groups is 3. The first-order chi connectivity index (χ1) is 13.6. The second-order valence-electron chi connectivity index (χ2n) is 9.49. The van der Waals surface area contributed by atoms with Gasteiger partial charge in [0.1, 0.15) is 0 Å². The molecule has 2 aromatic rings. The van der Waals surface area contributed by atoms with Crippen LogP contribution in [0, 0.1) is 14.9 Å². The summed E-state index contributed by atoms with van der Waals surface area (Å²) in [6.45, 7) is 13.2. The van der Waals surface area contributed by atoms with Crippen LogP contribution in [0.1, 0.15) is 59.1 Å². The van der Waals surface area contributed by atoms with Crippen LogP contribution in [0.3, 0.4) is 0 Å². The van der Waals surface area contributed by atoms with Crippen molar-refractivity contribution < 1.29 is 17.1 Å². The van der Waals surface area contributed by atoms with Crippen molar-refractivity contribution >= 4 is 29.5 Å². The first kappa shape index (κ1) is 29.7. The molecule has 172 valence electrons. The maximum atomic E-state index is 4.72. The van der Waals surface area contributed by atoms with E-state index in [0.29, 0.717) is 0 Å². The topological polar surface area (TPSA) is 37.1 Å². The van der Waals surface area contributed by atoms with E-state index in [0.717, 1.165) is 29.2 Å². The van der Waals surface area contributed by atoms with E-state index in [1.54, 1.807) is 0 Å². The number of para-hydroxylation sites is 2. The molecule has 3 nitrogen and oxygen atoms in total. The number of nitrogens with zero attached hydrogens (tertiary/aromatic N) is 3. The van der Waals surface area contributed by atoms with Gasteiger partial charge in [-0.15, -0.1) is 0 Å². The number of benzene rings is 2. The molecule has 0 aliphatic carbocycles. The second-order valence-corrected chi connectivity index (χ2v) is 9.49.